The van der Waals surface area contributed by atoms with Crippen LogP contribution in [0.5, 0.6) is 0 Å². The van der Waals surface area contributed by atoms with Gasteiger partial charge in [0.25, 0.3) is 5.91 Å². The Labute approximate surface area is 169 Å². The zero-order valence-corrected chi connectivity index (χ0v) is 15.8. The third-order valence-corrected chi connectivity index (χ3v) is 4.80. The number of halogens is 3. The van der Waals surface area contributed by atoms with Crippen molar-refractivity contribution in [3.8, 4) is 5.69 Å². The van der Waals surface area contributed by atoms with E-state index in [2.05, 4.69) is 15.6 Å². The Morgan fingerprint density at radius 2 is 1.87 bits per heavy atom. The van der Waals surface area contributed by atoms with Crippen molar-refractivity contribution in [1.82, 2.24) is 15.0 Å². The molecule has 1 aliphatic heterocycles. The quantitative estimate of drug-likeness (QED) is 0.711. The molecule has 154 valence electrons. The van der Waals surface area contributed by atoms with Gasteiger partial charge in [-0.2, -0.15) is 13.2 Å². The fourth-order valence-electron chi connectivity index (χ4n) is 3.40. The van der Waals surface area contributed by atoms with Crippen LogP contribution >= 0.6 is 0 Å². The molecular formula is C20H16F3N5O2. The molecule has 0 radical (unpaired) electrons. The fourth-order valence-corrected chi connectivity index (χ4v) is 3.40. The van der Waals surface area contributed by atoms with Crippen molar-refractivity contribution in [2.75, 3.05) is 16.8 Å². The summed E-state index contributed by atoms with van der Waals surface area (Å²) in [6.07, 6.45) is -2.75. The SMILES string of the molecule is CC(=O)N1CCc2cc(NC(=O)c3cn(-c4ccccc4C(F)(F)F)nn3)ccc21. The number of hydrogen-bond acceptors (Lipinski definition) is 4. The molecule has 1 aliphatic rings. The van der Waals surface area contributed by atoms with Gasteiger partial charge < -0.3 is 10.2 Å². The number of nitrogens with zero attached hydrogens (tertiary/aromatic N) is 4. The summed E-state index contributed by atoms with van der Waals surface area (Å²) in [5, 5.41) is 10.0. The van der Waals surface area contributed by atoms with Gasteiger partial charge in [0.2, 0.25) is 5.91 Å². The zero-order valence-electron chi connectivity index (χ0n) is 15.8. The molecule has 7 nitrogen and oxygen atoms in total. The van der Waals surface area contributed by atoms with E-state index in [1.165, 1.54) is 25.1 Å². The summed E-state index contributed by atoms with van der Waals surface area (Å²) in [4.78, 5) is 25.8. The molecule has 0 saturated carbocycles. The fraction of sp³-hybridized carbons (Fsp3) is 0.200. The van der Waals surface area contributed by atoms with Gasteiger partial charge in [0.1, 0.15) is 0 Å². The van der Waals surface area contributed by atoms with Gasteiger partial charge in [0, 0.05) is 24.8 Å². The van der Waals surface area contributed by atoms with Gasteiger partial charge >= 0.3 is 6.18 Å². The van der Waals surface area contributed by atoms with Gasteiger partial charge in [-0.3, -0.25) is 9.59 Å². The molecule has 10 heteroatoms. The van der Waals surface area contributed by atoms with Gasteiger partial charge in [-0.15, -0.1) is 5.10 Å². The average Bonchev–Trinajstić information content (AvgIpc) is 3.34. The molecule has 3 aromatic rings. The molecule has 0 unspecified atom stereocenters. The molecule has 0 aliphatic carbocycles. The molecule has 30 heavy (non-hydrogen) atoms. The zero-order chi connectivity index (χ0) is 21.5. The smallest absolute Gasteiger partial charge is 0.321 e. The van der Waals surface area contributed by atoms with E-state index in [4.69, 9.17) is 0 Å². The first-order valence-corrected chi connectivity index (χ1v) is 9.05. The predicted octanol–water partition coefficient (Wildman–Crippen LogP) is 3.45. The molecular weight excluding hydrogens is 399 g/mol. The highest BCUT2D eigenvalue weighted by atomic mass is 19.4. The second kappa shape index (κ2) is 7.29. The van der Waals surface area contributed by atoms with Crippen molar-refractivity contribution in [2.45, 2.75) is 19.5 Å². The van der Waals surface area contributed by atoms with Crippen molar-refractivity contribution in [1.29, 1.82) is 0 Å². The minimum atomic E-state index is -4.57. The van der Waals surface area contributed by atoms with E-state index < -0.39 is 17.6 Å². The highest BCUT2D eigenvalue weighted by Gasteiger charge is 2.34. The lowest BCUT2D eigenvalue weighted by molar-refractivity contribution is -0.137. The molecule has 0 atom stereocenters. The molecule has 2 aromatic carbocycles. The summed E-state index contributed by atoms with van der Waals surface area (Å²) in [5.74, 6) is -0.659. The maximum absolute atomic E-state index is 13.2. The Balaban J connectivity index is 1.55. The first kappa shape index (κ1) is 19.6. The van der Waals surface area contributed by atoms with E-state index in [0.29, 0.717) is 18.7 Å². The Kier molecular flexibility index (Phi) is 4.76. The summed E-state index contributed by atoms with van der Waals surface area (Å²) in [6, 6.07) is 10.1. The van der Waals surface area contributed by atoms with Gasteiger partial charge in [-0.25, -0.2) is 4.68 Å². The first-order chi connectivity index (χ1) is 14.2. The van der Waals surface area contributed by atoms with Crippen LogP contribution in [0.3, 0.4) is 0 Å². The number of alkyl halides is 3. The van der Waals surface area contributed by atoms with Crippen molar-refractivity contribution in [2.24, 2.45) is 0 Å². The Morgan fingerprint density at radius 3 is 2.60 bits per heavy atom. The van der Waals surface area contributed by atoms with E-state index in [-0.39, 0.29) is 17.3 Å². The van der Waals surface area contributed by atoms with Crippen LogP contribution in [0.25, 0.3) is 5.69 Å². The van der Waals surface area contributed by atoms with Crippen molar-refractivity contribution in [3.05, 3.63) is 65.5 Å². The summed E-state index contributed by atoms with van der Waals surface area (Å²) in [5.41, 5.74) is 0.988. The first-order valence-electron chi connectivity index (χ1n) is 9.05. The lowest BCUT2D eigenvalue weighted by atomic mass is 10.1. The van der Waals surface area contributed by atoms with E-state index in [9.17, 15) is 22.8 Å². The lowest BCUT2D eigenvalue weighted by Gasteiger charge is -2.14. The summed E-state index contributed by atoms with van der Waals surface area (Å²) >= 11 is 0. The van der Waals surface area contributed by atoms with Crippen molar-refractivity contribution < 1.29 is 22.8 Å². The van der Waals surface area contributed by atoms with E-state index in [1.54, 1.807) is 23.1 Å². The van der Waals surface area contributed by atoms with E-state index in [0.717, 1.165) is 28.2 Å². The highest BCUT2D eigenvalue weighted by Crippen LogP contribution is 2.33. The number of nitrogens with one attached hydrogen (secondary N) is 1. The summed E-state index contributed by atoms with van der Waals surface area (Å²) in [7, 11) is 0. The van der Waals surface area contributed by atoms with Gasteiger partial charge in [0.15, 0.2) is 5.69 Å². The maximum atomic E-state index is 13.2. The number of carbonyl (C=O) groups is 2. The maximum Gasteiger partial charge on any atom is 0.418 e. The van der Waals surface area contributed by atoms with Crippen molar-refractivity contribution in [3.63, 3.8) is 0 Å². The average molecular weight is 415 g/mol. The van der Waals surface area contributed by atoms with Crippen LogP contribution in [0.4, 0.5) is 24.5 Å². The van der Waals surface area contributed by atoms with Gasteiger partial charge in [-0.1, -0.05) is 17.3 Å². The molecule has 0 bridgehead atoms. The highest BCUT2D eigenvalue weighted by molar-refractivity contribution is 6.03. The van der Waals surface area contributed by atoms with Crippen LogP contribution in [-0.2, 0) is 17.4 Å². The molecule has 0 fully saturated rings. The third-order valence-electron chi connectivity index (χ3n) is 4.80. The normalized spacial score (nSPS) is 13.3. The Hall–Kier alpha value is -3.69. The molecule has 1 N–H and O–H groups in total. The third kappa shape index (κ3) is 3.63. The van der Waals surface area contributed by atoms with E-state index >= 15 is 0 Å². The molecule has 2 amide bonds. The monoisotopic (exact) mass is 415 g/mol. The Bertz CT molecular complexity index is 1140. The number of benzene rings is 2. The molecule has 4 rings (SSSR count). The number of para-hydroxylation sites is 1. The molecule has 1 aromatic heterocycles. The number of hydrogen-bond donors (Lipinski definition) is 1. The van der Waals surface area contributed by atoms with Crippen LogP contribution in [-0.4, -0.2) is 33.4 Å². The van der Waals surface area contributed by atoms with Gasteiger partial charge in [-0.05, 0) is 42.3 Å². The number of rotatable bonds is 3. The van der Waals surface area contributed by atoms with Crippen LogP contribution in [0, 0.1) is 0 Å². The standard InChI is InChI=1S/C20H16F3N5O2/c1-12(29)27-9-8-13-10-14(6-7-17(13)27)24-19(30)16-11-28(26-25-16)18-5-3-2-4-15(18)20(21,22)23/h2-7,10-11H,8-9H2,1H3,(H,24,30). The predicted molar refractivity (Wildman–Crippen MR) is 102 cm³/mol. The minimum Gasteiger partial charge on any atom is -0.321 e. The van der Waals surface area contributed by atoms with Crippen LogP contribution in [0.15, 0.2) is 48.7 Å². The lowest BCUT2D eigenvalue weighted by Crippen LogP contribution is -2.25. The van der Waals surface area contributed by atoms with Crippen LogP contribution in [0.2, 0.25) is 0 Å². The van der Waals surface area contributed by atoms with Crippen LogP contribution in [0.1, 0.15) is 28.5 Å². The van der Waals surface area contributed by atoms with Crippen LogP contribution < -0.4 is 10.2 Å². The number of amides is 2. The Morgan fingerprint density at radius 1 is 1.10 bits per heavy atom. The topological polar surface area (TPSA) is 80.1 Å². The molecule has 2 heterocycles. The van der Waals surface area contributed by atoms with E-state index in [1.807, 2.05) is 0 Å². The summed E-state index contributed by atoms with van der Waals surface area (Å²) in [6.45, 7) is 2.07. The largest absolute Gasteiger partial charge is 0.418 e. The summed E-state index contributed by atoms with van der Waals surface area (Å²) < 4.78 is 40.5. The molecule has 0 saturated heterocycles. The van der Waals surface area contributed by atoms with Crippen molar-refractivity contribution >= 4 is 23.2 Å². The molecule has 0 spiro atoms. The number of anilines is 2. The minimum absolute atomic E-state index is 0.0544. The number of aromatic nitrogens is 3. The number of fused-ring (bicyclic) bond motifs is 1. The second-order valence-corrected chi connectivity index (χ2v) is 6.78. The van der Waals surface area contributed by atoms with Gasteiger partial charge in [0.05, 0.1) is 17.4 Å². The number of carbonyl (C=O) groups excluding carboxylic acids is 2. The second-order valence-electron chi connectivity index (χ2n) is 6.78.